The standard InChI is InChI=1S/2C27H32O6/c1-26(2,3)15-33-25(29)27(13-14-27)16-32-23-20(10-12-22(30-4)24(23)31-5)17-7-6-8-19-18(17)9-11-21(19)28;1-17(2)15-32-26(29)27(13-6-14-27)16-33-24-21(10-12-23(30-3)25(24)31-4)18-7-5-8-20-19(18)9-11-22(20)28/h6-8,10,12H,9,11,13-16H2,1-5H3;5,7-8,10,12,17H,6,9,11,13-16H2,1-4H3. The lowest BCUT2D eigenvalue weighted by Crippen LogP contribution is -2.44. The number of methoxy groups -OCH3 is 4. The third-order valence-corrected chi connectivity index (χ3v) is 12.9. The van der Waals surface area contributed by atoms with Gasteiger partial charge in [-0.25, -0.2) is 0 Å². The molecule has 0 aliphatic heterocycles. The van der Waals surface area contributed by atoms with Crippen LogP contribution >= 0.6 is 0 Å². The largest absolute Gasteiger partial charge is 0.493 e. The van der Waals surface area contributed by atoms with Gasteiger partial charge in [0.15, 0.2) is 34.6 Å². The van der Waals surface area contributed by atoms with Gasteiger partial charge < -0.3 is 37.9 Å². The Labute approximate surface area is 388 Å². The van der Waals surface area contributed by atoms with Crippen LogP contribution in [0.4, 0.5) is 0 Å². The number of carbonyl (C=O) groups is 4. The first kappa shape index (κ1) is 47.9. The molecule has 4 aromatic rings. The van der Waals surface area contributed by atoms with Crippen molar-refractivity contribution in [2.45, 2.75) is 92.4 Å². The molecule has 352 valence electrons. The molecule has 2 fully saturated rings. The highest BCUT2D eigenvalue weighted by Crippen LogP contribution is 2.52. The number of benzene rings is 4. The maximum atomic E-state index is 12.9. The predicted octanol–water partition coefficient (Wildman–Crippen LogP) is 10.5. The van der Waals surface area contributed by atoms with E-state index in [1.54, 1.807) is 28.4 Å². The van der Waals surface area contributed by atoms with E-state index in [1.807, 2.05) is 95.3 Å². The number of ether oxygens (including phenoxy) is 8. The first-order valence-corrected chi connectivity index (χ1v) is 23.0. The summed E-state index contributed by atoms with van der Waals surface area (Å²) in [4.78, 5) is 50.3. The monoisotopic (exact) mass is 904 g/mol. The average Bonchev–Trinajstić information content (AvgIpc) is 3.86. The number of Topliss-reactive ketones (excluding diaryl/α,β-unsaturated/α-hetero) is 2. The molecule has 4 aliphatic carbocycles. The summed E-state index contributed by atoms with van der Waals surface area (Å²) in [5.74, 6) is 3.25. The minimum atomic E-state index is -0.644. The first-order chi connectivity index (χ1) is 31.6. The topological polar surface area (TPSA) is 142 Å². The van der Waals surface area contributed by atoms with Crippen molar-refractivity contribution in [2.24, 2.45) is 22.2 Å². The Morgan fingerprint density at radius 1 is 0.545 bits per heavy atom. The number of ketones is 2. The molecule has 4 aromatic carbocycles. The second-order valence-corrected chi connectivity index (χ2v) is 19.5. The Balaban J connectivity index is 0.000000196. The predicted molar refractivity (Wildman–Crippen MR) is 250 cm³/mol. The fraction of sp³-hybridized carbons (Fsp3) is 0.481. The van der Waals surface area contributed by atoms with Crippen molar-refractivity contribution in [1.29, 1.82) is 0 Å². The molecule has 8 rings (SSSR count). The van der Waals surface area contributed by atoms with Gasteiger partial charge in [-0.15, -0.1) is 0 Å². The molecule has 0 unspecified atom stereocenters. The smallest absolute Gasteiger partial charge is 0.315 e. The molecule has 0 saturated heterocycles. The Bertz CT molecular complexity index is 2470. The highest BCUT2D eigenvalue weighted by molar-refractivity contribution is 6.03. The van der Waals surface area contributed by atoms with Crippen molar-refractivity contribution in [2.75, 3.05) is 54.9 Å². The summed E-state index contributed by atoms with van der Waals surface area (Å²) < 4.78 is 46.3. The molecule has 12 heteroatoms. The SMILES string of the molecule is COc1ccc(-c2cccc3c2CCC3=O)c(OCC2(C(=O)OCC(C)(C)C)CC2)c1OC.COc1ccc(-c2cccc3c2CCC3=O)c(OCC2(C(=O)OCC(C)C)CCC2)c1OC. The molecular formula is C54H64O12. The van der Waals surface area contributed by atoms with Crippen molar-refractivity contribution in [1.82, 2.24) is 0 Å². The fourth-order valence-corrected chi connectivity index (χ4v) is 8.81. The van der Waals surface area contributed by atoms with Crippen LogP contribution < -0.4 is 28.4 Å². The molecule has 0 N–H and O–H groups in total. The zero-order valence-corrected chi connectivity index (χ0v) is 39.9. The van der Waals surface area contributed by atoms with Crippen molar-refractivity contribution >= 4 is 23.5 Å². The lowest BCUT2D eigenvalue weighted by molar-refractivity contribution is -0.165. The van der Waals surface area contributed by atoms with Crippen molar-refractivity contribution in [3.05, 3.63) is 82.9 Å². The van der Waals surface area contributed by atoms with Gasteiger partial charge in [0.1, 0.15) is 24.0 Å². The highest BCUT2D eigenvalue weighted by Gasteiger charge is 2.53. The summed E-state index contributed by atoms with van der Waals surface area (Å²) in [6.45, 7) is 11.3. The van der Waals surface area contributed by atoms with Crippen LogP contribution in [0.2, 0.25) is 0 Å². The molecule has 0 atom stereocenters. The van der Waals surface area contributed by atoms with Gasteiger partial charge in [0.25, 0.3) is 0 Å². The Hall–Kier alpha value is -6.04. The van der Waals surface area contributed by atoms with Gasteiger partial charge in [-0.05, 0) is 96.4 Å². The van der Waals surface area contributed by atoms with Crippen LogP contribution in [0.5, 0.6) is 34.5 Å². The average molecular weight is 905 g/mol. The van der Waals surface area contributed by atoms with Crippen LogP contribution in [0.1, 0.15) is 111 Å². The fourth-order valence-electron chi connectivity index (χ4n) is 8.81. The normalized spacial score (nSPS) is 16.2. The Morgan fingerprint density at radius 3 is 1.36 bits per heavy atom. The number of hydrogen-bond acceptors (Lipinski definition) is 12. The van der Waals surface area contributed by atoms with E-state index in [1.165, 1.54) is 0 Å². The van der Waals surface area contributed by atoms with Gasteiger partial charge in [-0.3, -0.25) is 19.2 Å². The van der Waals surface area contributed by atoms with Crippen LogP contribution in [0.15, 0.2) is 60.7 Å². The van der Waals surface area contributed by atoms with Gasteiger partial charge in [0, 0.05) is 35.1 Å². The molecular weight excluding hydrogens is 841 g/mol. The summed E-state index contributed by atoms with van der Waals surface area (Å²) in [6.07, 6.45) is 6.32. The highest BCUT2D eigenvalue weighted by atomic mass is 16.6. The van der Waals surface area contributed by atoms with Crippen LogP contribution in [-0.4, -0.2) is 78.4 Å². The van der Waals surface area contributed by atoms with Gasteiger partial charge >= 0.3 is 11.9 Å². The van der Waals surface area contributed by atoms with E-state index < -0.39 is 10.8 Å². The molecule has 0 spiro atoms. The van der Waals surface area contributed by atoms with Crippen LogP contribution in [0.25, 0.3) is 22.3 Å². The van der Waals surface area contributed by atoms with E-state index in [0.29, 0.717) is 73.4 Å². The zero-order valence-electron chi connectivity index (χ0n) is 39.9. The van der Waals surface area contributed by atoms with Crippen molar-refractivity contribution in [3.63, 3.8) is 0 Å². The van der Waals surface area contributed by atoms with Crippen LogP contribution in [-0.2, 0) is 31.9 Å². The summed E-state index contributed by atoms with van der Waals surface area (Å²) in [5, 5.41) is 0. The van der Waals surface area contributed by atoms with Gasteiger partial charge in [-0.2, -0.15) is 0 Å². The lowest BCUT2D eigenvalue weighted by atomic mass is 9.69. The second kappa shape index (κ2) is 19.8. The number of esters is 2. The van der Waals surface area contributed by atoms with Crippen molar-refractivity contribution < 1.29 is 57.1 Å². The molecule has 0 bridgehead atoms. The third kappa shape index (κ3) is 9.88. The summed E-state index contributed by atoms with van der Waals surface area (Å²) in [6, 6.07) is 19.1. The Morgan fingerprint density at radius 2 is 0.985 bits per heavy atom. The van der Waals surface area contributed by atoms with Gasteiger partial charge in [0.2, 0.25) is 11.5 Å². The lowest BCUT2D eigenvalue weighted by Gasteiger charge is -2.39. The van der Waals surface area contributed by atoms with Gasteiger partial charge in [0.05, 0.1) is 41.7 Å². The van der Waals surface area contributed by atoms with E-state index in [-0.39, 0.29) is 48.1 Å². The number of carbonyl (C=O) groups excluding carboxylic acids is 4. The Kier molecular flexibility index (Phi) is 14.4. The van der Waals surface area contributed by atoms with Crippen molar-refractivity contribution in [3.8, 4) is 56.8 Å². The molecule has 0 amide bonds. The van der Waals surface area contributed by atoms with Gasteiger partial charge in [-0.1, -0.05) is 77.4 Å². The quantitative estimate of drug-likeness (QED) is 0.0931. The van der Waals surface area contributed by atoms with E-state index in [2.05, 4.69) is 0 Å². The van der Waals surface area contributed by atoms with Crippen LogP contribution in [0.3, 0.4) is 0 Å². The van der Waals surface area contributed by atoms with E-state index in [4.69, 9.17) is 37.9 Å². The van der Waals surface area contributed by atoms with Crippen LogP contribution in [0, 0.1) is 22.2 Å². The number of fused-ring (bicyclic) bond motifs is 2. The van der Waals surface area contributed by atoms with E-state index >= 15 is 0 Å². The molecule has 12 nitrogen and oxygen atoms in total. The summed E-state index contributed by atoms with van der Waals surface area (Å²) in [5.41, 5.74) is 5.72. The maximum Gasteiger partial charge on any atom is 0.315 e. The third-order valence-electron chi connectivity index (χ3n) is 12.9. The zero-order chi connectivity index (χ0) is 47.4. The molecule has 0 heterocycles. The second-order valence-electron chi connectivity index (χ2n) is 19.5. The van der Waals surface area contributed by atoms with E-state index in [0.717, 1.165) is 76.6 Å². The van der Waals surface area contributed by atoms with E-state index in [9.17, 15) is 19.2 Å². The summed E-state index contributed by atoms with van der Waals surface area (Å²) in [7, 11) is 6.30. The molecule has 2 saturated carbocycles. The maximum absolute atomic E-state index is 12.9. The minimum Gasteiger partial charge on any atom is -0.493 e. The molecule has 4 aliphatic rings. The number of hydrogen-bond donors (Lipinski definition) is 0. The molecule has 0 aromatic heterocycles. The molecule has 0 radical (unpaired) electrons. The summed E-state index contributed by atoms with van der Waals surface area (Å²) >= 11 is 0. The molecule has 66 heavy (non-hydrogen) atoms. The first-order valence-electron chi connectivity index (χ1n) is 23.0. The number of rotatable bonds is 17. The minimum absolute atomic E-state index is 0.0963.